The van der Waals surface area contributed by atoms with Gasteiger partial charge in [0.1, 0.15) is 4.75 Å². The van der Waals surface area contributed by atoms with Gasteiger partial charge in [-0.15, -0.1) is 4.72 Å². The fourth-order valence-corrected chi connectivity index (χ4v) is 7.87. The molecule has 1 unspecified atom stereocenters. The molecule has 0 amide bonds. The minimum absolute atomic E-state index is 0.0228. The van der Waals surface area contributed by atoms with Crippen LogP contribution in [0.3, 0.4) is 0 Å². The van der Waals surface area contributed by atoms with E-state index in [0.717, 1.165) is 47.2 Å². The molecule has 7 nitrogen and oxygen atoms in total. The quantitative estimate of drug-likeness (QED) is 0.237. The van der Waals surface area contributed by atoms with E-state index in [1.165, 1.54) is 22.9 Å². The van der Waals surface area contributed by atoms with E-state index in [9.17, 15) is 4.55 Å². The van der Waals surface area contributed by atoms with Crippen LogP contribution in [0.2, 0.25) is 5.02 Å². The first-order valence-electron chi connectivity index (χ1n) is 13.2. The van der Waals surface area contributed by atoms with E-state index in [2.05, 4.69) is 38.9 Å². The topological polar surface area (TPSA) is 94.5 Å². The number of imidazole rings is 1. The lowest BCUT2D eigenvalue weighted by Gasteiger charge is -2.46. The van der Waals surface area contributed by atoms with Crippen molar-refractivity contribution in [3.8, 4) is 0 Å². The molecule has 0 bridgehead atoms. The van der Waals surface area contributed by atoms with E-state index in [0.29, 0.717) is 17.3 Å². The van der Waals surface area contributed by atoms with Crippen LogP contribution >= 0.6 is 23.4 Å². The summed E-state index contributed by atoms with van der Waals surface area (Å²) in [7, 11) is 0. The maximum absolute atomic E-state index is 13.4. The van der Waals surface area contributed by atoms with Crippen LogP contribution < -0.4 is 15.4 Å². The van der Waals surface area contributed by atoms with Crippen molar-refractivity contribution < 1.29 is 4.55 Å². The highest BCUT2D eigenvalue weighted by atomic mass is 35.5. The zero-order chi connectivity index (χ0) is 27.4. The fraction of sp³-hybridized carbons (Fsp3) is 0.379. The fourth-order valence-electron chi connectivity index (χ4n) is 5.75. The number of anilines is 2. The van der Waals surface area contributed by atoms with Crippen LogP contribution in [0.25, 0.3) is 5.65 Å². The van der Waals surface area contributed by atoms with Crippen LogP contribution in [0.5, 0.6) is 0 Å². The number of aromatic nitrogens is 3. The summed E-state index contributed by atoms with van der Waals surface area (Å²) in [6.45, 7) is 7.64. The van der Waals surface area contributed by atoms with E-state index in [4.69, 9.17) is 22.3 Å². The number of nitrogens with one attached hydrogen (secondary N) is 1. The summed E-state index contributed by atoms with van der Waals surface area (Å²) in [5.74, 6) is 0.837. The molecule has 2 aliphatic rings. The summed E-state index contributed by atoms with van der Waals surface area (Å²) >= 11 is 6.79. The second-order valence-corrected chi connectivity index (χ2v) is 15.0. The summed E-state index contributed by atoms with van der Waals surface area (Å²) in [6, 6.07) is 14.4. The first-order valence-corrected chi connectivity index (χ1v) is 15.5. The van der Waals surface area contributed by atoms with Crippen molar-refractivity contribution in [2.45, 2.75) is 60.6 Å². The van der Waals surface area contributed by atoms with E-state index < -0.39 is 11.4 Å². The van der Waals surface area contributed by atoms with Crippen molar-refractivity contribution in [3.63, 3.8) is 0 Å². The van der Waals surface area contributed by atoms with Crippen LogP contribution in [0.15, 0.2) is 70.8 Å². The molecule has 3 N–H and O–H groups in total. The number of hydrogen-bond donors (Lipinski definition) is 2. The number of fused-ring (bicyclic) bond motifs is 2. The van der Waals surface area contributed by atoms with E-state index >= 15 is 0 Å². The summed E-state index contributed by atoms with van der Waals surface area (Å²) in [5, 5.41) is 0.538. The zero-order valence-electron chi connectivity index (χ0n) is 22.4. The Bertz CT molecular complexity index is 1490. The molecule has 1 spiro atoms. The molecule has 2 aromatic heterocycles. The average Bonchev–Trinajstić information content (AvgIpc) is 3.53. The third kappa shape index (κ3) is 5.00. The van der Waals surface area contributed by atoms with Gasteiger partial charge in [-0.1, -0.05) is 53.7 Å². The summed E-state index contributed by atoms with van der Waals surface area (Å²) < 4.78 is 18.6. The third-order valence-corrected chi connectivity index (χ3v) is 11.1. The molecule has 3 heterocycles. The molecule has 10 heteroatoms. The van der Waals surface area contributed by atoms with Crippen LogP contribution in [-0.2, 0) is 24.2 Å². The molecular weight excluding hydrogens is 548 g/mol. The number of benzene rings is 2. The molecule has 2 atom stereocenters. The molecule has 2 aromatic carbocycles. The minimum Gasteiger partial charge on any atom is -0.598 e. The lowest BCUT2D eigenvalue weighted by molar-refractivity contribution is 0.179. The van der Waals surface area contributed by atoms with Gasteiger partial charge in [0.15, 0.2) is 5.65 Å². The van der Waals surface area contributed by atoms with Crippen LogP contribution in [-0.4, -0.2) is 42.8 Å². The van der Waals surface area contributed by atoms with Crippen molar-refractivity contribution in [1.82, 2.24) is 19.1 Å². The molecule has 0 radical (unpaired) electrons. The molecular formula is C29H33ClN6OS2. The number of rotatable bonds is 5. The van der Waals surface area contributed by atoms with Crippen molar-refractivity contribution in [2.75, 3.05) is 23.7 Å². The maximum atomic E-state index is 13.4. The van der Waals surface area contributed by atoms with Crippen molar-refractivity contribution >= 4 is 52.0 Å². The Kier molecular flexibility index (Phi) is 7.00. The predicted octanol–water partition coefficient (Wildman–Crippen LogP) is 5.53. The second kappa shape index (κ2) is 10.2. The Hall–Kier alpha value is -2.43. The molecule has 1 aliphatic heterocycles. The predicted molar refractivity (Wildman–Crippen MR) is 161 cm³/mol. The number of nitrogen functional groups attached to an aromatic ring is 1. The number of hydrogen-bond acceptors (Lipinski definition) is 7. The van der Waals surface area contributed by atoms with E-state index in [-0.39, 0.29) is 16.2 Å². The monoisotopic (exact) mass is 580 g/mol. The number of piperidine rings is 1. The van der Waals surface area contributed by atoms with Crippen molar-refractivity contribution in [2.24, 2.45) is 5.41 Å². The Morgan fingerprint density at radius 1 is 1.10 bits per heavy atom. The molecule has 39 heavy (non-hydrogen) atoms. The number of halogens is 1. The molecule has 204 valence electrons. The minimum atomic E-state index is -1.19. The first-order chi connectivity index (χ1) is 18.6. The van der Waals surface area contributed by atoms with Crippen molar-refractivity contribution in [3.05, 3.63) is 77.2 Å². The molecule has 1 fully saturated rings. The highest BCUT2D eigenvalue weighted by Crippen LogP contribution is 2.46. The van der Waals surface area contributed by atoms with Gasteiger partial charge < -0.3 is 15.2 Å². The van der Waals surface area contributed by atoms with Gasteiger partial charge in [-0.3, -0.25) is 4.40 Å². The Morgan fingerprint density at radius 3 is 2.56 bits per heavy atom. The van der Waals surface area contributed by atoms with Gasteiger partial charge >= 0.3 is 0 Å². The van der Waals surface area contributed by atoms with Crippen molar-refractivity contribution in [1.29, 1.82) is 0 Å². The van der Waals surface area contributed by atoms with Gasteiger partial charge in [0.25, 0.3) is 0 Å². The zero-order valence-corrected chi connectivity index (χ0v) is 24.7. The molecule has 4 aromatic rings. The average molecular weight is 581 g/mol. The highest BCUT2D eigenvalue weighted by molar-refractivity contribution is 7.99. The summed E-state index contributed by atoms with van der Waals surface area (Å²) in [6.07, 6.45) is 8.60. The molecule has 6 rings (SSSR count). The lowest BCUT2D eigenvalue weighted by atomic mass is 9.72. The van der Waals surface area contributed by atoms with Gasteiger partial charge in [0, 0.05) is 53.4 Å². The Morgan fingerprint density at radius 2 is 1.85 bits per heavy atom. The first kappa shape index (κ1) is 26.8. The largest absolute Gasteiger partial charge is 0.598 e. The highest BCUT2D eigenvalue weighted by Gasteiger charge is 2.50. The standard InChI is InChI=1S/C29H33ClN6OS2/c1-28(2,3)39(37)34-24-18-35(13-11-29(24)15-19-7-4-5-8-20(19)16-29)27-33-17-23(26-32-12-14-36(26)27)38-22-10-6-9-21(31)25(22)30/h4-10,12,14,17,24,34H,11,13,15-16,18,31H2,1-3H3/t24?,39-/m1/s1. The van der Waals surface area contributed by atoms with E-state index in [1.54, 1.807) is 12.3 Å². The number of nitrogens with zero attached hydrogens (tertiary/aromatic N) is 4. The Labute approximate surface area is 241 Å². The SMILES string of the molecule is CC(C)(C)[S@@+]([O-])NC1CN(c2ncc(Sc3cccc(N)c3Cl)c3nccn23)CCC12Cc1ccccc1C2. The normalized spacial score (nSPS) is 19.5. The summed E-state index contributed by atoms with van der Waals surface area (Å²) in [5.41, 5.74) is 10.2. The van der Waals surface area contributed by atoms with Gasteiger partial charge in [0.2, 0.25) is 5.95 Å². The maximum Gasteiger partial charge on any atom is 0.211 e. The van der Waals surface area contributed by atoms with Crippen LogP contribution in [0.1, 0.15) is 38.3 Å². The van der Waals surface area contributed by atoms with E-state index in [1.807, 2.05) is 49.7 Å². The summed E-state index contributed by atoms with van der Waals surface area (Å²) in [4.78, 5) is 13.7. The Balaban J connectivity index is 1.31. The van der Waals surface area contributed by atoms with Gasteiger partial charge in [0.05, 0.1) is 21.6 Å². The molecule has 0 saturated carbocycles. The molecule has 1 saturated heterocycles. The molecule has 1 aliphatic carbocycles. The van der Waals surface area contributed by atoms with Crippen LogP contribution in [0.4, 0.5) is 11.6 Å². The van der Waals surface area contributed by atoms with Crippen LogP contribution in [0, 0.1) is 5.41 Å². The van der Waals surface area contributed by atoms with Gasteiger partial charge in [-0.2, -0.15) is 0 Å². The third-order valence-electron chi connectivity index (χ3n) is 7.90. The smallest absolute Gasteiger partial charge is 0.211 e. The number of nitrogens with two attached hydrogens (primary N) is 1. The lowest BCUT2D eigenvalue weighted by Crippen LogP contribution is -2.61. The van der Waals surface area contributed by atoms with Gasteiger partial charge in [-0.25, -0.2) is 9.97 Å². The second-order valence-electron chi connectivity index (χ2n) is 11.5. The van der Waals surface area contributed by atoms with Gasteiger partial charge in [-0.05, 0) is 63.3 Å².